The molecule has 0 aromatic carbocycles. The highest BCUT2D eigenvalue weighted by Gasteiger charge is 2.38. The second kappa shape index (κ2) is 8.10. The number of alkyl halides is 3. The number of aromatic nitrogens is 3. The van der Waals surface area contributed by atoms with Gasteiger partial charge in [0.1, 0.15) is 22.8 Å². The van der Waals surface area contributed by atoms with E-state index < -0.39 is 18.3 Å². The molecule has 1 aliphatic heterocycles. The predicted molar refractivity (Wildman–Crippen MR) is 104 cm³/mol. The van der Waals surface area contributed by atoms with Gasteiger partial charge in [-0.1, -0.05) is 0 Å². The number of pyridine rings is 1. The van der Waals surface area contributed by atoms with Crippen LogP contribution in [0.5, 0.6) is 5.75 Å². The number of aliphatic imine (C=N–C) groups is 1. The number of aryl methyl sites for hydroxylation is 1. The second-order valence-corrected chi connectivity index (χ2v) is 8.29. The van der Waals surface area contributed by atoms with E-state index in [9.17, 15) is 13.2 Å². The lowest BCUT2D eigenvalue weighted by Crippen LogP contribution is -2.36. The fourth-order valence-electron chi connectivity index (χ4n) is 3.56. The van der Waals surface area contributed by atoms with E-state index in [2.05, 4.69) is 20.2 Å². The van der Waals surface area contributed by atoms with E-state index in [1.165, 1.54) is 12.3 Å². The quantitative estimate of drug-likeness (QED) is 0.497. The van der Waals surface area contributed by atoms with Crippen LogP contribution in [0.1, 0.15) is 55.1 Å². The average Bonchev–Trinajstić information content (AvgIpc) is 3.42. The third-order valence-corrected chi connectivity index (χ3v) is 5.31. The molecule has 2 N–H and O–H groups in total. The largest absolute Gasteiger partial charge is 0.484 e. The number of ether oxygens (including phenoxy) is 2. The first-order chi connectivity index (χ1) is 14.6. The molecule has 168 valence electrons. The molecule has 0 radical (unpaired) electrons. The predicted octanol–water partition coefficient (Wildman–Crippen LogP) is 3.25. The van der Waals surface area contributed by atoms with Crippen molar-refractivity contribution in [3.8, 4) is 5.75 Å². The summed E-state index contributed by atoms with van der Waals surface area (Å²) in [6.07, 6.45) is -0.568. The Kier molecular flexibility index (Phi) is 5.63. The summed E-state index contributed by atoms with van der Waals surface area (Å²) < 4.78 is 54.0. The molecular formula is C20H24F3N5O3. The van der Waals surface area contributed by atoms with Crippen molar-refractivity contribution in [3.05, 3.63) is 35.3 Å². The molecule has 4 rings (SSSR count). The highest BCUT2D eigenvalue weighted by atomic mass is 19.4. The Bertz CT molecular complexity index is 969. The van der Waals surface area contributed by atoms with Crippen LogP contribution in [-0.4, -0.2) is 47.0 Å². The van der Waals surface area contributed by atoms with Gasteiger partial charge in [-0.05, 0) is 32.1 Å². The van der Waals surface area contributed by atoms with Crippen LogP contribution in [0.3, 0.4) is 0 Å². The van der Waals surface area contributed by atoms with Crippen molar-refractivity contribution in [2.45, 2.75) is 50.7 Å². The van der Waals surface area contributed by atoms with Crippen molar-refractivity contribution in [3.63, 3.8) is 0 Å². The summed E-state index contributed by atoms with van der Waals surface area (Å²) in [6, 6.07) is 1.42. The fourth-order valence-corrected chi connectivity index (χ4v) is 3.56. The fraction of sp³-hybridized carbons (Fsp3) is 0.600. The highest BCUT2D eigenvalue weighted by molar-refractivity contribution is 5.96. The maximum atomic E-state index is 12.7. The summed E-state index contributed by atoms with van der Waals surface area (Å²) in [5.41, 5.74) is 6.20. The number of hydrogen-bond acceptors (Lipinski definition) is 7. The van der Waals surface area contributed by atoms with Crippen LogP contribution >= 0.6 is 0 Å². The zero-order chi connectivity index (χ0) is 22.2. The molecule has 0 spiro atoms. The topological polar surface area (TPSA) is 109 Å². The molecule has 1 unspecified atom stereocenters. The molecule has 1 aliphatic carbocycles. The summed E-state index contributed by atoms with van der Waals surface area (Å²) >= 11 is 0. The Hall–Kier alpha value is -2.69. The maximum absolute atomic E-state index is 12.7. The summed E-state index contributed by atoms with van der Waals surface area (Å²) in [6.45, 7) is 3.32. The van der Waals surface area contributed by atoms with Gasteiger partial charge in [-0.2, -0.15) is 13.2 Å². The molecular weight excluding hydrogens is 415 g/mol. The summed E-state index contributed by atoms with van der Waals surface area (Å²) in [7, 11) is 0. The maximum Gasteiger partial charge on any atom is 0.422 e. The van der Waals surface area contributed by atoms with Gasteiger partial charge in [0.2, 0.25) is 11.8 Å². The summed E-state index contributed by atoms with van der Waals surface area (Å²) in [4.78, 5) is 8.96. The van der Waals surface area contributed by atoms with Crippen LogP contribution in [0, 0.1) is 12.8 Å². The Morgan fingerprint density at radius 2 is 2.03 bits per heavy atom. The number of amidine groups is 1. The van der Waals surface area contributed by atoms with Gasteiger partial charge in [0.15, 0.2) is 6.61 Å². The van der Waals surface area contributed by atoms with Crippen molar-refractivity contribution in [2.24, 2.45) is 16.6 Å². The second-order valence-electron chi connectivity index (χ2n) is 8.29. The van der Waals surface area contributed by atoms with E-state index in [0.717, 1.165) is 12.8 Å². The first-order valence-electron chi connectivity index (χ1n) is 10.1. The number of halogens is 3. The monoisotopic (exact) mass is 439 g/mol. The molecule has 1 saturated heterocycles. The zero-order valence-electron chi connectivity index (χ0n) is 17.3. The van der Waals surface area contributed by atoms with Gasteiger partial charge in [-0.25, -0.2) is 0 Å². The van der Waals surface area contributed by atoms with E-state index >= 15 is 0 Å². The lowest BCUT2D eigenvalue weighted by atomic mass is 9.88. The Morgan fingerprint density at radius 1 is 1.29 bits per heavy atom. The van der Waals surface area contributed by atoms with Crippen LogP contribution in [0.25, 0.3) is 0 Å². The van der Waals surface area contributed by atoms with Crippen molar-refractivity contribution in [1.82, 2.24) is 15.2 Å². The lowest BCUT2D eigenvalue weighted by Gasteiger charge is -2.32. The molecule has 8 nitrogen and oxygen atoms in total. The Morgan fingerprint density at radius 3 is 2.58 bits per heavy atom. The standard InChI is InChI=1S/C20H24F3N5O3/c1-11-27-28-18(31-11)19(2,6-12-8-29-9-12)26-17(24)15-5-16(30-10-20(21,22)23)14(7-25-15)13-3-4-13/h5,7,12-13H,3-4,6,8-10H2,1-2H3,(H2,24,26). The minimum Gasteiger partial charge on any atom is -0.484 e. The normalized spacial score (nSPS) is 19.7. The van der Waals surface area contributed by atoms with Crippen LogP contribution in [0.2, 0.25) is 0 Å². The Balaban J connectivity index is 1.64. The van der Waals surface area contributed by atoms with Gasteiger partial charge < -0.3 is 19.6 Å². The van der Waals surface area contributed by atoms with Gasteiger partial charge in [0, 0.05) is 30.7 Å². The highest BCUT2D eigenvalue weighted by Crippen LogP contribution is 2.44. The molecule has 3 heterocycles. The van der Waals surface area contributed by atoms with Gasteiger partial charge in [0.05, 0.1) is 13.2 Å². The molecule has 2 aromatic rings. The number of nitrogens with zero attached hydrogens (tertiary/aromatic N) is 4. The first-order valence-corrected chi connectivity index (χ1v) is 10.1. The van der Waals surface area contributed by atoms with Gasteiger partial charge in [-0.15, -0.1) is 10.2 Å². The molecule has 1 atom stereocenters. The van der Waals surface area contributed by atoms with Crippen LogP contribution in [0.15, 0.2) is 21.7 Å². The molecule has 0 amide bonds. The Labute approximate surface area is 177 Å². The minimum atomic E-state index is -4.44. The molecule has 2 aromatic heterocycles. The minimum absolute atomic E-state index is 0.0535. The lowest BCUT2D eigenvalue weighted by molar-refractivity contribution is -0.153. The van der Waals surface area contributed by atoms with Crippen molar-refractivity contribution < 1.29 is 27.1 Å². The smallest absolute Gasteiger partial charge is 0.422 e. The average molecular weight is 439 g/mol. The van der Waals surface area contributed by atoms with Crippen molar-refractivity contribution in [1.29, 1.82) is 0 Å². The van der Waals surface area contributed by atoms with E-state index in [4.69, 9.17) is 19.6 Å². The molecule has 2 aliphatic rings. The first kappa shape index (κ1) is 21.5. The summed E-state index contributed by atoms with van der Waals surface area (Å²) in [5.74, 6) is 1.30. The SMILES string of the molecule is Cc1nnc(C(C)(CC2COC2)N=C(N)c2cc(OCC(F)(F)F)c(C3CC3)cn2)o1. The number of rotatable bonds is 8. The number of hydrogen-bond donors (Lipinski definition) is 1. The van der Waals surface area contributed by atoms with Gasteiger partial charge in [0.25, 0.3) is 0 Å². The van der Waals surface area contributed by atoms with Gasteiger partial charge >= 0.3 is 6.18 Å². The molecule has 2 fully saturated rings. The molecule has 11 heteroatoms. The zero-order valence-corrected chi connectivity index (χ0v) is 17.3. The van der Waals surface area contributed by atoms with E-state index in [1.807, 2.05) is 6.92 Å². The van der Waals surface area contributed by atoms with E-state index in [1.54, 1.807) is 6.92 Å². The van der Waals surface area contributed by atoms with E-state index in [-0.39, 0.29) is 29.1 Å². The third kappa shape index (κ3) is 5.15. The van der Waals surface area contributed by atoms with Crippen LogP contribution in [0.4, 0.5) is 13.2 Å². The third-order valence-electron chi connectivity index (χ3n) is 5.31. The van der Waals surface area contributed by atoms with Crippen LogP contribution in [-0.2, 0) is 10.3 Å². The van der Waals surface area contributed by atoms with E-state index in [0.29, 0.717) is 37.0 Å². The summed E-state index contributed by atoms with van der Waals surface area (Å²) in [5, 5.41) is 7.99. The molecule has 0 bridgehead atoms. The molecule has 1 saturated carbocycles. The van der Waals surface area contributed by atoms with Crippen molar-refractivity contribution in [2.75, 3.05) is 19.8 Å². The van der Waals surface area contributed by atoms with Crippen LogP contribution < -0.4 is 10.5 Å². The number of nitrogens with two attached hydrogens (primary N) is 1. The van der Waals surface area contributed by atoms with Crippen molar-refractivity contribution >= 4 is 5.84 Å². The van der Waals surface area contributed by atoms with Gasteiger partial charge in [-0.3, -0.25) is 9.98 Å². The molecule has 31 heavy (non-hydrogen) atoms.